The molecule has 1 saturated heterocycles. The number of rotatable bonds is 5. The summed E-state index contributed by atoms with van der Waals surface area (Å²) in [5, 5.41) is 7.95. The summed E-state index contributed by atoms with van der Waals surface area (Å²) in [6, 6.07) is 9.69. The number of carbonyl (C=O) groups excluding carboxylic acids is 1. The molecule has 1 N–H and O–H groups in total. The number of carbonyl (C=O) groups is 1. The van der Waals surface area contributed by atoms with Crippen LogP contribution in [0.1, 0.15) is 17.3 Å². The Hall–Kier alpha value is -4.12. The third-order valence-corrected chi connectivity index (χ3v) is 5.71. The molecule has 10 nitrogen and oxygen atoms in total. The molecule has 1 atom stereocenters. The normalized spacial score (nSPS) is 15.9. The Morgan fingerprint density at radius 3 is 2.83 bits per heavy atom. The van der Waals surface area contributed by atoms with Crippen molar-refractivity contribution >= 4 is 22.8 Å². The van der Waals surface area contributed by atoms with E-state index in [1.54, 1.807) is 20.3 Å². The topological polar surface area (TPSA) is 109 Å². The average molecular weight is 478 g/mol. The van der Waals surface area contributed by atoms with E-state index in [1.807, 2.05) is 30.0 Å². The quantitative estimate of drug-likeness (QED) is 0.467. The van der Waals surface area contributed by atoms with Gasteiger partial charge in [-0.3, -0.25) is 9.89 Å². The smallest absolute Gasteiger partial charge is 0.327 e. The third kappa shape index (κ3) is 4.62. The first-order chi connectivity index (χ1) is 16.9. The van der Waals surface area contributed by atoms with Gasteiger partial charge in [-0.15, -0.1) is 0 Å². The molecule has 1 unspecified atom stereocenters. The third-order valence-electron chi connectivity index (χ3n) is 5.71. The van der Waals surface area contributed by atoms with Gasteiger partial charge in [0, 0.05) is 37.2 Å². The van der Waals surface area contributed by atoms with E-state index in [4.69, 9.17) is 9.47 Å². The summed E-state index contributed by atoms with van der Waals surface area (Å²) in [4.78, 5) is 29.1. The molecule has 0 bridgehead atoms. The molecule has 1 aliphatic heterocycles. The largest absolute Gasteiger partial charge is 0.421 e. The van der Waals surface area contributed by atoms with E-state index in [9.17, 15) is 9.18 Å². The number of halogens is 1. The molecule has 1 aliphatic rings. The maximum Gasteiger partial charge on any atom is 0.327 e. The van der Waals surface area contributed by atoms with Gasteiger partial charge >= 0.3 is 6.01 Å². The maximum atomic E-state index is 14.8. The number of ether oxygens (including phenoxy) is 2. The Morgan fingerprint density at radius 1 is 1.20 bits per heavy atom. The summed E-state index contributed by atoms with van der Waals surface area (Å²) in [5.41, 5.74) is 1.77. The van der Waals surface area contributed by atoms with Crippen molar-refractivity contribution in [1.29, 1.82) is 0 Å². The van der Waals surface area contributed by atoms with E-state index in [0.717, 1.165) is 22.5 Å². The number of hydrogen-bond donors (Lipinski definition) is 1. The molecule has 180 valence electrons. The van der Waals surface area contributed by atoms with Gasteiger partial charge < -0.3 is 19.3 Å². The van der Waals surface area contributed by atoms with Crippen LogP contribution in [0.15, 0.2) is 42.6 Å². The Kier molecular flexibility index (Phi) is 6.00. The van der Waals surface area contributed by atoms with Crippen LogP contribution in [-0.4, -0.2) is 75.9 Å². The summed E-state index contributed by atoms with van der Waals surface area (Å²) in [6.07, 6.45) is 1.73. The van der Waals surface area contributed by atoms with Crippen LogP contribution in [-0.2, 0) is 4.74 Å². The fraction of sp³-hybridized carbons (Fsp3) is 0.292. The lowest BCUT2D eigenvalue weighted by atomic mass is 10.1. The van der Waals surface area contributed by atoms with Crippen LogP contribution in [0.5, 0.6) is 11.8 Å². The van der Waals surface area contributed by atoms with Crippen LogP contribution < -0.4 is 9.64 Å². The first-order valence-corrected chi connectivity index (χ1v) is 11.1. The molecule has 2 aromatic carbocycles. The van der Waals surface area contributed by atoms with Crippen LogP contribution in [0, 0.1) is 5.82 Å². The fourth-order valence-electron chi connectivity index (χ4n) is 3.82. The second-order valence-electron chi connectivity index (χ2n) is 8.48. The first-order valence-electron chi connectivity index (χ1n) is 11.1. The number of nitrogens with one attached hydrogen (secondary N) is 1. The summed E-state index contributed by atoms with van der Waals surface area (Å²) >= 11 is 0. The van der Waals surface area contributed by atoms with Crippen LogP contribution in [0.3, 0.4) is 0 Å². The van der Waals surface area contributed by atoms with Crippen LogP contribution >= 0.6 is 0 Å². The monoisotopic (exact) mass is 477 g/mol. The Bertz CT molecular complexity index is 1390. The van der Waals surface area contributed by atoms with Gasteiger partial charge in [0.2, 0.25) is 5.95 Å². The predicted octanol–water partition coefficient (Wildman–Crippen LogP) is 3.27. The lowest BCUT2D eigenvalue weighted by Gasteiger charge is -2.33. The van der Waals surface area contributed by atoms with Gasteiger partial charge in [0.25, 0.3) is 5.91 Å². The second-order valence-corrected chi connectivity index (χ2v) is 8.48. The number of hydrogen-bond acceptors (Lipinski definition) is 8. The number of anilines is 1. The van der Waals surface area contributed by atoms with Crippen molar-refractivity contribution in [3.8, 4) is 23.1 Å². The van der Waals surface area contributed by atoms with Gasteiger partial charge in [0.15, 0.2) is 17.4 Å². The molecule has 0 aliphatic carbocycles. The Labute approximate surface area is 200 Å². The number of fused-ring (bicyclic) bond motifs is 1. The molecule has 11 heteroatoms. The Balaban J connectivity index is 1.54. The highest BCUT2D eigenvalue weighted by Crippen LogP contribution is 2.28. The number of morpholine rings is 1. The second kappa shape index (κ2) is 9.26. The average Bonchev–Trinajstić information content (AvgIpc) is 3.33. The van der Waals surface area contributed by atoms with Gasteiger partial charge in [-0.2, -0.15) is 20.1 Å². The highest BCUT2D eigenvalue weighted by Gasteiger charge is 2.24. The van der Waals surface area contributed by atoms with Gasteiger partial charge in [-0.1, -0.05) is 12.1 Å². The minimum Gasteiger partial charge on any atom is -0.421 e. The SMILES string of the molecule is CC1COCCN1c1nc(Oc2ccc(C(=O)N(C)C)cc2F)nc(-c2ccc3cn[nH]c3c2)n1. The van der Waals surface area contributed by atoms with Crippen LogP contribution in [0.2, 0.25) is 0 Å². The summed E-state index contributed by atoms with van der Waals surface area (Å²) in [5.74, 6) is -0.316. The molecular weight excluding hydrogens is 453 g/mol. The molecule has 0 radical (unpaired) electrons. The van der Waals surface area contributed by atoms with E-state index in [0.29, 0.717) is 31.5 Å². The number of aromatic amines is 1. The number of nitrogens with zero attached hydrogens (tertiary/aromatic N) is 6. The van der Waals surface area contributed by atoms with Gasteiger partial charge in [-0.05, 0) is 31.2 Å². The maximum absolute atomic E-state index is 14.8. The van der Waals surface area contributed by atoms with Gasteiger partial charge in [-0.25, -0.2) is 4.39 Å². The van der Waals surface area contributed by atoms with E-state index in [-0.39, 0.29) is 29.3 Å². The van der Waals surface area contributed by atoms with E-state index >= 15 is 0 Å². The fourth-order valence-corrected chi connectivity index (χ4v) is 3.82. The molecule has 2 aromatic heterocycles. The summed E-state index contributed by atoms with van der Waals surface area (Å²) in [7, 11) is 3.21. The zero-order valence-electron chi connectivity index (χ0n) is 19.5. The van der Waals surface area contributed by atoms with Gasteiger partial charge in [0.1, 0.15) is 0 Å². The van der Waals surface area contributed by atoms with Crippen molar-refractivity contribution in [2.75, 3.05) is 38.8 Å². The van der Waals surface area contributed by atoms with Gasteiger partial charge in [0.05, 0.1) is 31.0 Å². The van der Waals surface area contributed by atoms with Crippen molar-refractivity contribution in [2.24, 2.45) is 0 Å². The molecule has 1 fully saturated rings. The van der Waals surface area contributed by atoms with Crippen molar-refractivity contribution in [3.05, 3.63) is 54.0 Å². The van der Waals surface area contributed by atoms with E-state index in [2.05, 4.69) is 25.1 Å². The van der Waals surface area contributed by atoms with E-state index in [1.165, 1.54) is 17.0 Å². The molecule has 0 spiro atoms. The number of H-pyrrole nitrogens is 1. The summed E-state index contributed by atoms with van der Waals surface area (Å²) in [6.45, 7) is 3.68. The summed E-state index contributed by atoms with van der Waals surface area (Å²) < 4.78 is 26.1. The minimum absolute atomic E-state index is 0.0370. The molecule has 5 rings (SSSR count). The molecule has 35 heavy (non-hydrogen) atoms. The zero-order chi connectivity index (χ0) is 24.5. The predicted molar refractivity (Wildman–Crippen MR) is 127 cm³/mol. The molecule has 1 amide bonds. The van der Waals surface area contributed by atoms with Crippen molar-refractivity contribution in [1.82, 2.24) is 30.0 Å². The molecule has 4 aromatic rings. The van der Waals surface area contributed by atoms with Crippen molar-refractivity contribution < 1.29 is 18.7 Å². The lowest BCUT2D eigenvalue weighted by Crippen LogP contribution is -2.44. The highest BCUT2D eigenvalue weighted by molar-refractivity contribution is 5.94. The van der Waals surface area contributed by atoms with E-state index < -0.39 is 5.82 Å². The molecule has 0 saturated carbocycles. The van der Waals surface area contributed by atoms with Crippen molar-refractivity contribution in [3.63, 3.8) is 0 Å². The van der Waals surface area contributed by atoms with Crippen molar-refractivity contribution in [2.45, 2.75) is 13.0 Å². The zero-order valence-corrected chi connectivity index (χ0v) is 19.5. The molecule has 3 heterocycles. The lowest BCUT2D eigenvalue weighted by molar-refractivity contribution is 0.0827. The number of benzene rings is 2. The number of amides is 1. The highest BCUT2D eigenvalue weighted by atomic mass is 19.1. The Morgan fingerprint density at radius 2 is 2.06 bits per heavy atom. The van der Waals surface area contributed by atoms with Crippen LogP contribution in [0.25, 0.3) is 22.3 Å². The van der Waals surface area contributed by atoms with Crippen LogP contribution in [0.4, 0.5) is 10.3 Å². The number of aromatic nitrogens is 5. The first kappa shape index (κ1) is 22.7. The minimum atomic E-state index is -0.695. The molecular formula is C24H24FN7O3. The standard InChI is InChI=1S/C24H24FN7O3/c1-14-13-34-9-8-32(14)23-27-21(15-4-5-17-12-26-30-19(17)11-15)28-24(29-23)35-20-7-6-16(10-18(20)25)22(33)31(2)3/h4-7,10-12,14H,8-9,13H2,1-3H3,(H,26,30).